The van der Waals surface area contributed by atoms with E-state index in [9.17, 15) is 14.7 Å². The first-order valence-electron chi connectivity index (χ1n) is 6.36. The smallest absolute Gasteiger partial charge is 0.308 e. The third kappa shape index (κ3) is 3.29. The van der Waals surface area contributed by atoms with E-state index in [4.69, 9.17) is 16.0 Å². The van der Waals surface area contributed by atoms with Gasteiger partial charge in [0, 0.05) is 6.04 Å². The van der Waals surface area contributed by atoms with Crippen LogP contribution in [0.5, 0.6) is 0 Å². The summed E-state index contributed by atoms with van der Waals surface area (Å²) in [5, 5.41) is 12.0. The quantitative estimate of drug-likeness (QED) is 0.837. The zero-order valence-corrected chi connectivity index (χ0v) is 11.2. The minimum atomic E-state index is -0.856. The van der Waals surface area contributed by atoms with E-state index in [1.54, 1.807) is 0 Å². The molecule has 2 N–H and O–H groups in total. The number of hydrogen-bond acceptors (Lipinski definition) is 3. The summed E-state index contributed by atoms with van der Waals surface area (Å²) in [7, 11) is 0. The molecule has 1 aliphatic rings. The third-order valence-electron chi connectivity index (χ3n) is 3.51. The maximum atomic E-state index is 12.0. The number of carbonyl (C=O) groups excluding carboxylic acids is 1. The van der Waals surface area contributed by atoms with Gasteiger partial charge in [0.25, 0.3) is 5.91 Å². The number of halogens is 1. The van der Waals surface area contributed by atoms with Gasteiger partial charge in [0.2, 0.25) is 5.22 Å². The molecule has 1 fully saturated rings. The van der Waals surface area contributed by atoms with Crippen molar-refractivity contribution in [1.29, 1.82) is 0 Å². The molecule has 1 saturated carbocycles. The number of furan rings is 1. The first kappa shape index (κ1) is 13.9. The maximum Gasteiger partial charge on any atom is 0.308 e. The second kappa shape index (κ2) is 6.10. The Labute approximate surface area is 115 Å². The molecule has 1 aliphatic carbocycles. The largest absolute Gasteiger partial charge is 0.481 e. The minimum absolute atomic E-state index is 0.0259. The Hall–Kier alpha value is -1.49. The van der Waals surface area contributed by atoms with Gasteiger partial charge in [-0.25, -0.2) is 0 Å². The van der Waals surface area contributed by atoms with E-state index in [2.05, 4.69) is 5.32 Å². The van der Waals surface area contributed by atoms with Crippen molar-refractivity contribution in [3.63, 3.8) is 0 Å². The molecular weight excluding hydrogens is 270 g/mol. The van der Waals surface area contributed by atoms with Crippen LogP contribution in [0.1, 0.15) is 42.5 Å². The first-order chi connectivity index (χ1) is 9.09. The molecule has 0 aromatic carbocycles. The lowest BCUT2D eigenvalue weighted by Crippen LogP contribution is -2.42. The average molecular weight is 286 g/mol. The molecule has 5 nitrogen and oxygen atoms in total. The van der Waals surface area contributed by atoms with Gasteiger partial charge in [-0.3, -0.25) is 9.59 Å². The molecule has 0 radical (unpaired) electrons. The van der Waals surface area contributed by atoms with Crippen molar-refractivity contribution in [2.24, 2.45) is 5.92 Å². The monoisotopic (exact) mass is 285 g/mol. The number of carbonyl (C=O) groups is 2. The summed E-state index contributed by atoms with van der Waals surface area (Å²) in [5.74, 6) is -1.76. The van der Waals surface area contributed by atoms with Crippen LogP contribution in [0.15, 0.2) is 16.7 Å². The number of nitrogens with one attached hydrogen (secondary N) is 1. The average Bonchev–Trinajstić information content (AvgIpc) is 2.65. The number of carboxylic acids is 1. The molecule has 1 aromatic rings. The number of aliphatic carboxylic acids is 1. The van der Waals surface area contributed by atoms with Crippen molar-refractivity contribution in [2.75, 3.05) is 0 Å². The molecule has 2 atom stereocenters. The van der Waals surface area contributed by atoms with Crippen LogP contribution >= 0.6 is 11.6 Å². The highest BCUT2D eigenvalue weighted by Crippen LogP contribution is 2.25. The molecule has 1 amide bonds. The van der Waals surface area contributed by atoms with Gasteiger partial charge < -0.3 is 14.8 Å². The summed E-state index contributed by atoms with van der Waals surface area (Å²) < 4.78 is 4.86. The second-order valence-corrected chi connectivity index (χ2v) is 5.11. The number of hydrogen-bond donors (Lipinski definition) is 2. The highest BCUT2D eigenvalue weighted by molar-refractivity contribution is 6.32. The van der Waals surface area contributed by atoms with Crippen LogP contribution < -0.4 is 5.32 Å². The van der Waals surface area contributed by atoms with E-state index in [1.165, 1.54) is 12.3 Å². The lowest BCUT2D eigenvalue weighted by atomic mass is 9.94. The zero-order valence-electron chi connectivity index (χ0n) is 10.4. The number of amides is 1. The highest BCUT2D eigenvalue weighted by Gasteiger charge is 2.31. The van der Waals surface area contributed by atoms with Crippen molar-refractivity contribution in [3.05, 3.63) is 23.1 Å². The van der Waals surface area contributed by atoms with Crippen molar-refractivity contribution < 1.29 is 19.1 Å². The fourth-order valence-electron chi connectivity index (χ4n) is 2.48. The van der Waals surface area contributed by atoms with E-state index in [0.717, 1.165) is 19.3 Å². The second-order valence-electron chi connectivity index (χ2n) is 4.77. The van der Waals surface area contributed by atoms with Gasteiger partial charge in [0.1, 0.15) is 0 Å². The number of carboxylic acid groups (broad SMARTS) is 1. The van der Waals surface area contributed by atoms with Crippen LogP contribution in [0, 0.1) is 5.92 Å². The Balaban J connectivity index is 2.08. The molecule has 1 aromatic heterocycles. The topological polar surface area (TPSA) is 79.5 Å². The Morgan fingerprint density at radius 2 is 2.05 bits per heavy atom. The SMILES string of the molecule is O=C(NC1CCCCCC1C(=O)O)c1ccoc1Cl. The molecule has 0 saturated heterocycles. The molecule has 0 spiro atoms. The normalized spacial score (nSPS) is 23.6. The standard InChI is InChI=1S/C13H16ClNO4/c14-11-9(6-7-19-11)12(16)15-10-5-3-1-2-4-8(10)13(17)18/h6-8,10H,1-5H2,(H,15,16)(H,17,18). The molecular formula is C13H16ClNO4. The van der Waals surface area contributed by atoms with Crippen LogP contribution in [0.25, 0.3) is 0 Å². The van der Waals surface area contributed by atoms with Gasteiger partial charge in [-0.15, -0.1) is 0 Å². The molecule has 1 heterocycles. The van der Waals surface area contributed by atoms with E-state index in [1.807, 2.05) is 0 Å². The molecule has 6 heteroatoms. The highest BCUT2D eigenvalue weighted by atomic mass is 35.5. The Morgan fingerprint density at radius 1 is 1.32 bits per heavy atom. The van der Waals surface area contributed by atoms with Crippen LogP contribution in [0.3, 0.4) is 0 Å². The van der Waals surface area contributed by atoms with E-state index in [-0.39, 0.29) is 22.7 Å². The van der Waals surface area contributed by atoms with Gasteiger partial charge in [0.05, 0.1) is 17.7 Å². The minimum Gasteiger partial charge on any atom is -0.481 e. The van der Waals surface area contributed by atoms with Gasteiger partial charge in [-0.05, 0) is 30.5 Å². The van der Waals surface area contributed by atoms with E-state index < -0.39 is 11.9 Å². The van der Waals surface area contributed by atoms with Crippen molar-refractivity contribution in [2.45, 2.75) is 38.1 Å². The fraction of sp³-hybridized carbons (Fsp3) is 0.538. The van der Waals surface area contributed by atoms with Gasteiger partial charge in [0.15, 0.2) is 0 Å². The Bertz CT molecular complexity index is 471. The number of rotatable bonds is 3. The molecule has 0 bridgehead atoms. The fourth-order valence-corrected chi connectivity index (χ4v) is 2.68. The van der Waals surface area contributed by atoms with Crippen LogP contribution in [-0.4, -0.2) is 23.0 Å². The van der Waals surface area contributed by atoms with Crippen molar-refractivity contribution >= 4 is 23.5 Å². The van der Waals surface area contributed by atoms with Crippen LogP contribution in [0.4, 0.5) is 0 Å². The summed E-state index contributed by atoms with van der Waals surface area (Å²) in [6.45, 7) is 0. The summed E-state index contributed by atoms with van der Waals surface area (Å²) in [4.78, 5) is 23.3. The summed E-state index contributed by atoms with van der Waals surface area (Å²) in [5.41, 5.74) is 0.245. The third-order valence-corrected chi connectivity index (χ3v) is 3.80. The summed E-state index contributed by atoms with van der Waals surface area (Å²) >= 11 is 5.74. The van der Waals surface area contributed by atoms with Gasteiger partial charge >= 0.3 is 5.97 Å². The molecule has 104 valence electrons. The van der Waals surface area contributed by atoms with Gasteiger partial charge in [-0.2, -0.15) is 0 Å². The lowest BCUT2D eigenvalue weighted by Gasteiger charge is -2.22. The lowest BCUT2D eigenvalue weighted by molar-refractivity contribution is -0.142. The predicted molar refractivity (Wildman–Crippen MR) is 69.2 cm³/mol. The Morgan fingerprint density at radius 3 is 2.68 bits per heavy atom. The summed E-state index contributed by atoms with van der Waals surface area (Å²) in [6.07, 6.45) is 5.42. The van der Waals surface area contributed by atoms with Gasteiger partial charge in [-0.1, -0.05) is 19.3 Å². The summed E-state index contributed by atoms with van der Waals surface area (Å²) in [6, 6.07) is 1.13. The van der Waals surface area contributed by atoms with Crippen molar-refractivity contribution in [3.8, 4) is 0 Å². The molecule has 19 heavy (non-hydrogen) atoms. The van der Waals surface area contributed by atoms with Crippen molar-refractivity contribution in [1.82, 2.24) is 5.32 Å². The van der Waals surface area contributed by atoms with Crippen LogP contribution in [0.2, 0.25) is 5.22 Å². The molecule has 2 unspecified atom stereocenters. The zero-order chi connectivity index (χ0) is 13.8. The predicted octanol–water partition coefficient (Wildman–Crippen LogP) is 2.70. The maximum absolute atomic E-state index is 12.0. The van der Waals surface area contributed by atoms with E-state index in [0.29, 0.717) is 12.8 Å². The molecule has 2 rings (SSSR count). The first-order valence-corrected chi connectivity index (χ1v) is 6.74. The van der Waals surface area contributed by atoms with Crippen LogP contribution in [-0.2, 0) is 4.79 Å². The van der Waals surface area contributed by atoms with E-state index >= 15 is 0 Å². The molecule has 0 aliphatic heterocycles. The Kier molecular flexibility index (Phi) is 4.47.